The van der Waals surface area contributed by atoms with E-state index in [0.29, 0.717) is 18.9 Å². The van der Waals surface area contributed by atoms with Crippen molar-refractivity contribution in [2.24, 2.45) is 11.7 Å². The average molecular weight is 233 g/mol. The quantitative estimate of drug-likeness (QED) is 0.822. The lowest BCUT2D eigenvalue weighted by molar-refractivity contribution is -0.132. The third-order valence-electron chi connectivity index (χ3n) is 3.43. The van der Waals surface area contributed by atoms with Crippen LogP contribution in [0.15, 0.2) is 24.4 Å². The zero-order chi connectivity index (χ0) is 12.3. The molecule has 0 bridgehead atoms. The van der Waals surface area contributed by atoms with Gasteiger partial charge in [0, 0.05) is 31.0 Å². The Morgan fingerprint density at radius 2 is 2.41 bits per heavy atom. The van der Waals surface area contributed by atoms with Crippen LogP contribution in [-0.4, -0.2) is 34.9 Å². The predicted octanol–water partition coefficient (Wildman–Crippen LogP) is 0.820. The molecule has 2 unspecified atom stereocenters. The first-order valence-corrected chi connectivity index (χ1v) is 6.10. The highest BCUT2D eigenvalue weighted by molar-refractivity contribution is 5.78. The summed E-state index contributed by atoms with van der Waals surface area (Å²) >= 11 is 0. The molecule has 2 heterocycles. The second kappa shape index (κ2) is 5.27. The van der Waals surface area contributed by atoms with E-state index in [1.807, 2.05) is 23.1 Å². The number of rotatable bonds is 2. The van der Waals surface area contributed by atoms with E-state index < -0.39 is 0 Å². The van der Waals surface area contributed by atoms with Crippen LogP contribution in [0.4, 0.5) is 0 Å². The highest BCUT2D eigenvalue weighted by Crippen LogP contribution is 2.16. The number of likely N-dealkylation sites (tertiary alicyclic amines) is 1. The van der Waals surface area contributed by atoms with Crippen LogP contribution in [0, 0.1) is 5.92 Å². The van der Waals surface area contributed by atoms with Crippen LogP contribution >= 0.6 is 0 Å². The summed E-state index contributed by atoms with van der Waals surface area (Å²) in [6.45, 7) is 3.64. The Morgan fingerprint density at radius 1 is 1.59 bits per heavy atom. The minimum absolute atomic E-state index is 0.108. The minimum atomic E-state index is 0.108. The van der Waals surface area contributed by atoms with E-state index in [0.717, 1.165) is 18.7 Å². The Bertz CT molecular complexity index is 380. The van der Waals surface area contributed by atoms with Gasteiger partial charge >= 0.3 is 0 Å². The molecule has 4 heteroatoms. The van der Waals surface area contributed by atoms with Gasteiger partial charge < -0.3 is 10.6 Å². The number of aromatic nitrogens is 1. The Balaban J connectivity index is 1.93. The number of carbonyl (C=O) groups is 1. The molecule has 1 aliphatic heterocycles. The first kappa shape index (κ1) is 12.0. The first-order valence-electron chi connectivity index (χ1n) is 6.10. The van der Waals surface area contributed by atoms with Crippen LogP contribution in [-0.2, 0) is 11.2 Å². The number of hydrogen-bond donors (Lipinski definition) is 1. The van der Waals surface area contributed by atoms with E-state index in [1.165, 1.54) is 0 Å². The van der Waals surface area contributed by atoms with Crippen molar-refractivity contribution < 1.29 is 4.79 Å². The monoisotopic (exact) mass is 233 g/mol. The van der Waals surface area contributed by atoms with Crippen molar-refractivity contribution in [2.75, 3.05) is 13.1 Å². The maximum atomic E-state index is 12.1. The van der Waals surface area contributed by atoms with Crippen LogP contribution in [0.1, 0.15) is 19.0 Å². The van der Waals surface area contributed by atoms with Gasteiger partial charge in [-0.15, -0.1) is 0 Å². The van der Waals surface area contributed by atoms with E-state index >= 15 is 0 Å². The largest absolute Gasteiger partial charge is 0.341 e. The Labute approximate surface area is 102 Å². The van der Waals surface area contributed by atoms with Crippen LogP contribution in [0.2, 0.25) is 0 Å². The minimum Gasteiger partial charge on any atom is -0.341 e. The molecule has 1 aromatic heterocycles. The maximum Gasteiger partial charge on any atom is 0.228 e. The molecule has 0 radical (unpaired) electrons. The van der Waals surface area contributed by atoms with Crippen molar-refractivity contribution in [3.8, 4) is 0 Å². The first-order chi connectivity index (χ1) is 8.16. The van der Waals surface area contributed by atoms with E-state index in [-0.39, 0.29) is 11.9 Å². The number of nitrogens with zero attached hydrogens (tertiary/aromatic N) is 2. The van der Waals surface area contributed by atoms with Crippen molar-refractivity contribution in [1.29, 1.82) is 0 Å². The van der Waals surface area contributed by atoms with Gasteiger partial charge in [0.05, 0.1) is 6.42 Å². The molecule has 1 fully saturated rings. The summed E-state index contributed by atoms with van der Waals surface area (Å²) in [5.41, 5.74) is 6.81. The molecule has 0 saturated carbocycles. The molecule has 2 atom stereocenters. The number of hydrogen-bond acceptors (Lipinski definition) is 3. The fourth-order valence-electron chi connectivity index (χ4n) is 2.10. The zero-order valence-corrected chi connectivity index (χ0v) is 10.2. The van der Waals surface area contributed by atoms with Crippen molar-refractivity contribution in [3.05, 3.63) is 30.1 Å². The number of amides is 1. The molecule has 0 aromatic carbocycles. The van der Waals surface area contributed by atoms with Gasteiger partial charge in [0.25, 0.3) is 0 Å². The topological polar surface area (TPSA) is 59.2 Å². The summed E-state index contributed by atoms with van der Waals surface area (Å²) in [7, 11) is 0. The molecule has 1 saturated heterocycles. The molecule has 4 nitrogen and oxygen atoms in total. The lowest BCUT2D eigenvalue weighted by Crippen LogP contribution is -2.50. The number of pyridine rings is 1. The summed E-state index contributed by atoms with van der Waals surface area (Å²) < 4.78 is 0. The van der Waals surface area contributed by atoms with Crippen LogP contribution in [0.5, 0.6) is 0 Å². The van der Waals surface area contributed by atoms with Gasteiger partial charge in [-0.1, -0.05) is 13.0 Å². The van der Waals surface area contributed by atoms with Crippen LogP contribution < -0.4 is 5.73 Å². The summed E-state index contributed by atoms with van der Waals surface area (Å²) in [5.74, 6) is 0.639. The molecule has 92 valence electrons. The van der Waals surface area contributed by atoms with Gasteiger partial charge in [-0.25, -0.2) is 0 Å². The van der Waals surface area contributed by atoms with Crippen molar-refractivity contribution >= 4 is 5.91 Å². The summed E-state index contributed by atoms with van der Waals surface area (Å²) in [6, 6.07) is 5.74. The highest BCUT2D eigenvalue weighted by Gasteiger charge is 2.26. The van der Waals surface area contributed by atoms with Gasteiger partial charge in [-0.05, 0) is 24.5 Å². The van der Waals surface area contributed by atoms with Crippen LogP contribution in [0.3, 0.4) is 0 Å². The van der Waals surface area contributed by atoms with E-state index in [4.69, 9.17) is 5.73 Å². The highest BCUT2D eigenvalue weighted by atomic mass is 16.2. The summed E-state index contributed by atoms with van der Waals surface area (Å²) in [6.07, 6.45) is 3.09. The van der Waals surface area contributed by atoms with Crippen LogP contribution in [0.25, 0.3) is 0 Å². The number of piperidine rings is 1. The molecule has 1 aromatic rings. The van der Waals surface area contributed by atoms with Crippen molar-refractivity contribution in [2.45, 2.75) is 25.8 Å². The Hall–Kier alpha value is -1.42. The Kier molecular flexibility index (Phi) is 3.74. The maximum absolute atomic E-state index is 12.1. The third kappa shape index (κ3) is 3.03. The predicted molar refractivity (Wildman–Crippen MR) is 66.3 cm³/mol. The molecule has 0 spiro atoms. The molecular formula is C13H19N3O. The van der Waals surface area contributed by atoms with Crippen molar-refractivity contribution in [3.63, 3.8) is 0 Å². The van der Waals surface area contributed by atoms with Gasteiger partial charge in [0.15, 0.2) is 0 Å². The zero-order valence-electron chi connectivity index (χ0n) is 10.2. The normalized spacial score (nSPS) is 24.7. The smallest absolute Gasteiger partial charge is 0.228 e. The third-order valence-corrected chi connectivity index (χ3v) is 3.43. The molecule has 0 aliphatic carbocycles. The molecule has 1 amide bonds. The van der Waals surface area contributed by atoms with Gasteiger partial charge in [-0.2, -0.15) is 0 Å². The lowest BCUT2D eigenvalue weighted by atomic mass is 9.94. The standard InChI is InChI=1S/C13H19N3O/c1-10-5-7-16(9-12(10)14)13(17)8-11-4-2-3-6-15-11/h2-4,6,10,12H,5,7-9,14H2,1H3. The molecule has 1 aliphatic rings. The molecular weight excluding hydrogens is 214 g/mol. The molecule has 2 N–H and O–H groups in total. The SMILES string of the molecule is CC1CCN(C(=O)Cc2ccccn2)CC1N. The fraction of sp³-hybridized carbons (Fsp3) is 0.538. The van der Waals surface area contributed by atoms with Gasteiger partial charge in [0.2, 0.25) is 5.91 Å². The fourth-order valence-corrected chi connectivity index (χ4v) is 2.10. The van der Waals surface area contributed by atoms with E-state index in [1.54, 1.807) is 6.20 Å². The second-order valence-corrected chi connectivity index (χ2v) is 4.77. The van der Waals surface area contributed by atoms with Gasteiger partial charge in [0.1, 0.15) is 0 Å². The Morgan fingerprint density at radius 3 is 3.06 bits per heavy atom. The number of nitrogens with two attached hydrogens (primary N) is 1. The summed E-state index contributed by atoms with van der Waals surface area (Å²) in [4.78, 5) is 18.1. The number of carbonyl (C=O) groups excluding carboxylic acids is 1. The summed E-state index contributed by atoms with van der Waals surface area (Å²) in [5, 5.41) is 0. The van der Waals surface area contributed by atoms with E-state index in [2.05, 4.69) is 11.9 Å². The molecule has 2 rings (SSSR count). The molecule has 17 heavy (non-hydrogen) atoms. The average Bonchev–Trinajstić information content (AvgIpc) is 2.34. The van der Waals surface area contributed by atoms with Gasteiger partial charge in [-0.3, -0.25) is 9.78 Å². The second-order valence-electron chi connectivity index (χ2n) is 4.77. The lowest BCUT2D eigenvalue weighted by Gasteiger charge is -2.35. The van der Waals surface area contributed by atoms with E-state index in [9.17, 15) is 4.79 Å². The van der Waals surface area contributed by atoms with Crippen molar-refractivity contribution in [1.82, 2.24) is 9.88 Å².